The lowest BCUT2D eigenvalue weighted by Gasteiger charge is -2.49. The van der Waals surface area contributed by atoms with Crippen LogP contribution in [0.1, 0.15) is 53.9 Å². The SMILES string of the molecule is CC.CC[C@@H]1C2C=CC(CC2)N1C(=O)[C@@H](NC(=O)OC)C(C)C. The molecular weight excluding hydrogens is 292 g/mol. The van der Waals surface area contributed by atoms with E-state index < -0.39 is 12.1 Å². The van der Waals surface area contributed by atoms with Gasteiger partial charge in [-0.25, -0.2) is 4.79 Å². The predicted molar refractivity (Wildman–Crippen MR) is 92.1 cm³/mol. The predicted octanol–water partition coefficient (Wildman–Crippen LogP) is 3.35. The smallest absolute Gasteiger partial charge is 0.407 e. The van der Waals surface area contributed by atoms with E-state index in [-0.39, 0.29) is 23.9 Å². The van der Waals surface area contributed by atoms with Crippen molar-refractivity contribution >= 4 is 12.0 Å². The lowest BCUT2D eigenvalue weighted by atomic mass is 9.78. The fraction of sp³-hybridized carbons (Fsp3) is 0.778. The molecule has 0 saturated carbocycles. The van der Waals surface area contributed by atoms with E-state index in [1.165, 1.54) is 7.11 Å². The van der Waals surface area contributed by atoms with Crippen LogP contribution in [0.3, 0.4) is 0 Å². The summed E-state index contributed by atoms with van der Waals surface area (Å²) in [6.07, 6.45) is 6.97. The number of nitrogens with zero attached hydrogens (tertiary/aromatic N) is 1. The third kappa shape index (κ3) is 4.27. The van der Waals surface area contributed by atoms with Crippen molar-refractivity contribution in [3.05, 3.63) is 12.2 Å². The molecule has 2 bridgehead atoms. The summed E-state index contributed by atoms with van der Waals surface area (Å²) < 4.78 is 4.65. The molecule has 1 aliphatic carbocycles. The average Bonchev–Trinajstić information content (AvgIpc) is 2.60. The second-order valence-corrected chi connectivity index (χ2v) is 6.27. The van der Waals surface area contributed by atoms with Crippen molar-refractivity contribution in [2.45, 2.75) is 72.0 Å². The third-order valence-electron chi connectivity index (χ3n) is 4.65. The summed E-state index contributed by atoms with van der Waals surface area (Å²) in [7, 11) is 1.32. The summed E-state index contributed by atoms with van der Waals surface area (Å²) in [5, 5.41) is 2.69. The van der Waals surface area contributed by atoms with Gasteiger partial charge >= 0.3 is 6.09 Å². The van der Waals surface area contributed by atoms with Crippen LogP contribution in [0.25, 0.3) is 0 Å². The number of piperidine rings is 1. The molecule has 0 aromatic heterocycles. The molecule has 3 aliphatic rings. The van der Waals surface area contributed by atoms with Gasteiger partial charge in [0.2, 0.25) is 5.91 Å². The van der Waals surface area contributed by atoms with Crippen LogP contribution in [0.15, 0.2) is 12.2 Å². The Morgan fingerprint density at radius 1 is 1.26 bits per heavy atom. The summed E-state index contributed by atoms with van der Waals surface area (Å²) in [4.78, 5) is 26.5. The zero-order valence-electron chi connectivity index (χ0n) is 15.3. The fourth-order valence-corrected chi connectivity index (χ4v) is 3.52. The number of carbonyl (C=O) groups excluding carboxylic acids is 2. The Kier molecular flexibility index (Phi) is 7.59. The molecule has 5 nitrogen and oxygen atoms in total. The number of hydrogen-bond donors (Lipinski definition) is 1. The van der Waals surface area contributed by atoms with Crippen molar-refractivity contribution in [2.75, 3.05) is 7.11 Å². The van der Waals surface area contributed by atoms with Crippen LogP contribution in [0.4, 0.5) is 4.79 Å². The van der Waals surface area contributed by atoms with Gasteiger partial charge in [-0.1, -0.05) is 46.8 Å². The molecule has 1 N–H and O–H groups in total. The zero-order valence-corrected chi connectivity index (χ0v) is 15.3. The van der Waals surface area contributed by atoms with Gasteiger partial charge in [0.25, 0.3) is 0 Å². The molecule has 2 amide bonds. The van der Waals surface area contributed by atoms with E-state index in [0.717, 1.165) is 19.3 Å². The lowest BCUT2D eigenvalue weighted by molar-refractivity contribution is -0.142. The monoisotopic (exact) mass is 324 g/mol. The summed E-state index contributed by atoms with van der Waals surface area (Å²) in [6.45, 7) is 10.0. The van der Waals surface area contributed by atoms with Crippen LogP contribution in [-0.4, -0.2) is 42.1 Å². The molecule has 2 heterocycles. The van der Waals surface area contributed by atoms with E-state index in [1.807, 2.05) is 32.6 Å². The Morgan fingerprint density at radius 2 is 1.91 bits per heavy atom. The van der Waals surface area contributed by atoms with Crippen LogP contribution < -0.4 is 5.32 Å². The largest absolute Gasteiger partial charge is 0.453 e. The van der Waals surface area contributed by atoms with Gasteiger partial charge in [-0.3, -0.25) is 4.79 Å². The second kappa shape index (κ2) is 8.94. The molecule has 2 aliphatic heterocycles. The highest BCUT2D eigenvalue weighted by Crippen LogP contribution is 2.37. The lowest BCUT2D eigenvalue weighted by Crippen LogP contribution is -2.61. The first-order chi connectivity index (χ1) is 11.0. The van der Waals surface area contributed by atoms with Gasteiger partial charge < -0.3 is 15.0 Å². The van der Waals surface area contributed by atoms with Gasteiger partial charge in [0, 0.05) is 6.04 Å². The number of methoxy groups -OCH3 is 1. The summed E-state index contributed by atoms with van der Waals surface area (Å²) in [5.41, 5.74) is 0. The molecule has 23 heavy (non-hydrogen) atoms. The van der Waals surface area contributed by atoms with E-state index in [9.17, 15) is 9.59 Å². The van der Waals surface area contributed by atoms with E-state index >= 15 is 0 Å². The first-order valence-corrected chi connectivity index (χ1v) is 8.84. The minimum atomic E-state index is -0.548. The van der Waals surface area contributed by atoms with E-state index in [2.05, 4.69) is 29.1 Å². The second-order valence-electron chi connectivity index (χ2n) is 6.27. The first kappa shape index (κ1) is 19.5. The molecule has 0 radical (unpaired) electrons. The van der Waals surface area contributed by atoms with Crippen LogP contribution in [0, 0.1) is 11.8 Å². The normalized spacial score (nSPS) is 26.4. The summed E-state index contributed by atoms with van der Waals surface area (Å²) >= 11 is 0. The van der Waals surface area contributed by atoms with Crippen molar-refractivity contribution in [3.63, 3.8) is 0 Å². The number of ether oxygens (including phenoxy) is 1. The highest BCUT2D eigenvalue weighted by molar-refractivity contribution is 5.87. The first-order valence-electron chi connectivity index (χ1n) is 8.84. The van der Waals surface area contributed by atoms with Crippen LogP contribution in [0.2, 0.25) is 0 Å². The summed E-state index contributed by atoms with van der Waals surface area (Å²) in [5.74, 6) is 0.495. The zero-order chi connectivity index (χ0) is 17.6. The quantitative estimate of drug-likeness (QED) is 0.807. The van der Waals surface area contributed by atoms with Gasteiger partial charge in [0.05, 0.1) is 13.2 Å². The van der Waals surface area contributed by atoms with Gasteiger partial charge in [-0.2, -0.15) is 0 Å². The van der Waals surface area contributed by atoms with E-state index in [4.69, 9.17) is 0 Å². The average molecular weight is 324 g/mol. The molecule has 1 saturated heterocycles. The number of hydrogen-bond acceptors (Lipinski definition) is 3. The molecule has 3 rings (SSSR count). The molecule has 0 spiro atoms. The summed E-state index contributed by atoms with van der Waals surface area (Å²) in [6, 6.07) is -0.102. The number of rotatable bonds is 4. The number of amides is 2. The van der Waals surface area contributed by atoms with E-state index in [0.29, 0.717) is 5.92 Å². The van der Waals surface area contributed by atoms with Gasteiger partial charge in [-0.05, 0) is 31.1 Å². The maximum absolute atomic E-state index is 13.0. The Labute approximate surface area is 140 Å². The molecule has 5 heteroatoms. The molecular formula is C18H32N2O3. The number of nitrogens with one attached hydrogen (secondary N) is 1. The molecule has 132 valence electrons. The molecule has 1 fully saturated rings. The Morgan fingerprint density at radius 3 is 2.35 bits per heavy atom. The highest BCUT2D eigenvalue weighted by Gasteiger charge is 2.43. The Hall–Kier alpha value is -1.52. The topological polar surface area (TPSA) is 58.6 Å². The molecule has 0 aromatic rings. The highest BCUT2D eigenvalue weighted by atomic mass is 16.5. The van der Waals surface area contributed by atoms with E-state index in [1.54, 1.807) is 0 Å². The van der Waals surface area contributed by atoms with Crippen molar-refractivity contribution in [1.29, 1.82) is 0 Å². The molecule has 0 aromatic carbocycles. The van der Waals surface area contributed by atoms with Crippen LogP contribution in [0.5, 0.6) is 0 Å². The maximum atomic E-state index is 13.0. The Balaban J connectivity index is 0.00000127. The minimum Gasteiger partial charge on any atom is -0.453 e. The third-order valence-corrected chi connectivity index (χ3v) is 4.65. The van der Waals surface area contributed by atoms with Crippen molar-refractivity contribution in [2.24, 2.45) is 11.8 Å². The fourth-order valence-electron chi connectivity index (χ4n) is 3.52. The van der Waals surface area contributed by atoms with Gasteiger partial charge in [0.15, 0.2) is 0 Å². The van der Waals surface area contributed by atoms with Crippen molar-refractivity contribution in [1.82, 2.24) is 10.2 Å². The van der Waals surface area contributed by atoms with Crippen LogP contribution in [-0.2, 0) is 9.53 Å². The standard InChI is InChI=1S/C16H26N2O3.C2H6/c1-5-13-11-6-8-12(9-7-11)18(13)15(19)14(10(2)3)17-16(20)21-4;1-2/h6,8,10-14H,5,7,9H2,1-4H3,(H,17,20);1-2H3/t11?,12?,13-,14+;/m1./s1. The number of alkyl carbamates (subject to hydrolysis) is 1. The minimum absolute atomic E-state index is 0.0151. The van der Waals surface area contributed by atoms with Crippen molar-refractivity contribution < 1.29 is 14.3 Å². The van der Waals surface area contributed by atoms with Gasteiger partial charge in [-0.15, -0.1) is 0 Å². The number of fused-ring (bicyclic) bond motifs is 2. The number of carbonyl (C=O) groups is 2. The Bertz CT molecular complexity index is 434. The maximum Gasteiger partial charge on any atom is 0.407 e. The molecule has 2 unspecified atom stereocenters. The van der Waals surface area contributed by atoms with Gasteiger partial charge in [0.1, 0.15) is 6.04 Å². The molecule has 4 atom stereocenters. The van der Waals surface area contributed by atoms with Crippen LogP contribution >= 0.6 is 0 Å². The van der Waals surface area contributed by atoms with Crippen molar-refractivity contribution in [3.8, 4) is 0 Å².